The molecule has 0 spiro atoms. The molecule has 0 fully saturated rings. The zero-order chi connectivity index (χ0) is 30.1. The Bertz CT molecular complexity index is 547. The molecule has 0 aliphatic rings. The van der Waals surface area contributed by atoms with Gasteiger partial charge in [-0.1, -0.05) is 168 Å². The average molecular weight is 581 g/mol. The summed E-state index contributed by atoms with van der Waals surface area (Å²) >= 11 is 0. The Hall–Kier alpha value is -1.06. The van der Waals surface area contributed by atoms with Crippen LogP contribution in [0.25, 0.3) is 0 Å². The highest BCUT2D eigenvalue weighted by atomic mass is 16.5. The number of rotatable bonds is 34. The van der Waals surface area contributed by atoms with Gasteiger partial charge in [0.2, 0.25) is 0 Å². The molecular weight excluding hydrogens is 508 g/mol. The van der Waals surface area contributed by atoms with Crippen LogP contribution in [-0.2, 0) is 14.3 Å². The zero-order valence-corrected chi connectivity index (χ0v) is 27.9. The van der Waals surface area contributed by atoms with Crippen molar-refractivity contribution in [2.24, 2.45) is 0 Å². The number of hydrogen-bond donors (Lipinski definition) is 1. The molecule has 244 valence electrons. The number of esters is 1. The maximum Gasteiger partial charge on any atom is 0.306 e. The second-order valence-electron chi connectivity index (χ2n) is 12.8. The third kappa shape index (κ3) is 33.3. The highest BCUT2D eigenvalue weighted by Gasteiger charge is 2.14. The summed E-state index contributed by atoms with van der Waals surface area (Å²) in [5.41, 5.74) is 0. The number of carboxylic acid groups (broad SMARTS) is 1. The van der Waals surface area contributed by atoms with Gasteiger partial charge in [-0.2, -0.15) is 0 Å². The Kier molecular flexibility index (Phi) is 32.6. The molecule has 4 nitrogen and oxygen atoms in total. The minimum absolute atomic E-state index is 0.0290. The summed E-state index contributed by atoms with van der Waals surface area (Å²) in [6, 6.07) is 0. The number of carboxylic acids is 1. The first kappa shape index (κ1) is 39.9. The molecule has 0 saturated carbocycles. The number of carbonyl (C=O) groups is 2. The van der Waals surface area contributed by atoms with E-state index in [1.54, 1.807) is 0 Å². The molecule has 1 unspecified atom stereocenters. The monoisotopic (exact) mass is 581 g/mol. The molecule has 0 bridgehead atoms. The van der Waals surface area contributed by atoms with Gasteiger partial charge in [0.25, 0.3) is 0 Å². The molecule has 0 heterocycles. The van der Waals surface area contributed by atoms with E-state index in [0.717, 1.165) is 51.4 Å². The van der Waals surface area contributed by atoms with Crippen LogP contribution in [0.3, 0.4) is 0 Å². The average Bonchev–Trinajstić information content (AvgIpc) is 2.95. The number of ether oxygens (including phenoxy) is 1. The van der Waals surface area contributed by atoms with Gasteiger partial charge in [-0.05, 0) is 38.5 Å². The predicted molar refractivity (Wildman–Crippen MR) is 177 cm³/mol. The molecule has 4 heteroatoms. The second-order valence-corrected chi connectivity index (χ2v) is 12.8. The Balaban J connectivity index is 3.90. The number of hydrogen-bond acceptors (Lipinski definition) is 3. The van der Waals surface area contributed by atoms with Gasteiger partial charge in [-0.15, -0.1) is 0 Å². The van der Waals surface area contributed by atoms with Gasteiger partial charge in [0.05, 0.1) is 0 Å². The fraction of sp³-hybridized carbons (Fsp3) is 0.946. The van der Waals surface area contributed by atoms with Crippen LogP contribution in [0.15, 0.2) is 0 Å². The standard InChI is InChI=1S/C37H72O4/c1-3-5-7-9-11-12-13-14-15-16-17-22-26-30-34-37(40)41-35(31-27-23-10-8-6-4-2)32-28-24-20-18-19-21-25-29-33-36(38)39/h35H,3-34H2,1-2H3,(H,38,39). The van der Waals surface area contributed by atoms with Crippen molar-refractivity contribution in [3.05, 3.63) is 0 Å². The predicted octanol–water partition coefficient (Wildman–Crippen LogP) is 12.5. The van der Waals surface area contributed by atoms with Crippen molar-refractivity contribution in [1.82, 2.24) is 0 Å². The van der Waals surface area contributed by atoms with E-state index in [9.17, 15) is 9.59 Å². The maximum absolute atomic E-state index is 12.6. The van der Waals surface area contributed by atoms with Gasteiger partial charge in [0.1, 0.15) is 6.10 Å². The smallest absolute Gasteiger partial charge is 0.306 e. The van der Waals surface area contributed by atoms with Crippen LogP contribution >= 0.6 is 0 Å². The fourth-order valence-electron chi connectivity index (χ4n) is 5.83. The van der Waals surface area contributed by atoms with Crippen molar-refractivity contribution in [3.8, 4) is 0 Å². The Morgan fingerprint density at radius 3 is 1.07 bits per heavy atom. The Morgan fingerprint density at radius 1 is 0.439 bits per heavy atom. The van der Waals surface area contributed by atoms with Crippen molar-refractivity contribution < 1.29 is 19.4 Å². The number of carbonyl (C=O) groups excluding carboxylic acids is 1. The number of aliphatic carboxylic acids is 1. The van der Waals surface area contributed by atoms with Crippen molar-refractivity contribution in [3.63, 3.8) is 0 Å². The fourth-order valence-corrected chi connectivity index (χ4v) is 5.83. The summed E-state index contributed by atoms with van der Waals surface area (Å²) in [5, 5.41) is 8.71. The van der Waals surface area contributed by atoms with Crippen LogP contribution in [-0.4, -0.2) is 23.1 Å². The lowest BCUT2D eigenvalue weighted by molar-refractivity contribution is -0.150. The minimum atomic E-state index is -0.680. The van der Waals surface area contributed by atoms with E-state index < -0.39 is 5.97 Å². The van der Waals surface area contributed by atoms with Crippen molar-refractivity contribution >= 4 is 11.9 Å². The van der Waals surface area contributed by atoms with Crippen molar-refractivity contribution in [1.29, 1.82) is 0 Å². The first-order valence-corrected chi connectivity index (χ1v) is 18.5. The lowest BCUT2D eigenvalue weighted by atomic mass is 10.0. The van der Waals surface area contributed by atoms with E-state index in [4.69, 9.17) is 9.84 Å². The first-order valence-electron chi connectivity index (χ1n) is 18.5. The summed E-state index contributed by atoms with van der Waals surface area (Å²) in [6.45, 7) is 4.54. The molecule has 0 aromatic heterocycles. The molecule has 0 aliphatic carbocycles. The topological polar surface area (TPSA) is 63.6 Å². The van der Waals surface area contributed by atoms with E-state index >= 15 is 0 Å². The molecule has 41 heavy (non-hydrogen) atoms. The van der Waals surface area contributed by atoms with Crippen molar-refractivity contribution in [2.75, 3.05) is 0 Å². The molecule has 0 radical (unpaired) electrons. The summed E-state index contributed by atoms with van der Waals surface area (Å²) in [5.74, 6) is -0.651. The lowest BCUT2D eigenvalue weighted by Crippen LogP contribution is -2.18. The molecule has 0 rings (SSSR count). The molecule has 0 aromatic rings. The van der Waals surface area contributed by atoms with Crippen LogP contribution in [0.5, 0.6) is 0 Å². The summed E-state index contributed by atoms with van der Waals surface area (Å²) in [7, 11) is 0. The highest BCUT2D eigenvalue weighted by molar-refractivity contribution is 5.69. The van der Waals surface area contributed by atoms with E-state index in [1.165, 1.54) is 141 Å². The van der Waals surface area contributed by atoms with E-state index in [2.05, 4.69) is 13.8 Å². The Morgan fingerprint density at radius 2 is 0.732 bits per heavy atom. The second kappa shape index (κ2) is 33.4. The molecule has 1 N–H and O–H groups in total. The van der Waals surface area contributed by atoms with E-state index in [0.29, 0.717) is 12.8 Å². The summed E-state index contributed by atoms with van der Waals surface area (Å²) in [4.78, 5) is 23.2. The molecule has 0 saturated heterocycles. The number of unbranched alkanes of at least 4 members (excludes halogenated alkanes) is 25. The van der Waals surface area contributed by atoms with Crippen LogP contribution in [0.2, 0.25) is 0 Å². The first-order chi connectivity index (χ1) is 20.1. The SMILES string of the molecule is CCCCCCCCCCCCCCCCC(=O)OC(CCCCCCCC)CCCCCCCCCCC(=O)O. The lowest BCUT2D eigenvalue weighted by Gasteiger charge is -2.18. The van der Waals surface area contributed by atoms with E-state index in [-0.39, 0.29) is 12.1 Å². The summed E-state index contributed by atoms with van der Waals surface area (Å²) in [6.07, 6.45) is 38.4. The van der Waals surface area contributed by atoms with E-state index in [1.807, 2.05) is 0 Å². The van der Waals surface area contributed by atoms with Gasteiger partial charge in [-0.3, -0.25) is 9.59 Å². The maximum atomic E-state index is 12.6. The van der Waals surface area contributed by atoms with Gasteiger partial charge in [0, 0.05) is 12.8 Å². The molecular formula is C37H72O4. The van der Waals surface area contributed by atoms with Crippen LogP contribution < -0.4 is 0 Å². The zero-order valence-electron chi connectivity index (χ0n) is 27.9. The largest absolute Gasteiger partial charge is 0.481 e. The molecule has 1 atom stereocenters. The van der Waals surface area contributed by atoms with Gasteiger partial charge < -0.3 is 9.84 Å². The third-order valence-corrected chi connectivity index (χ3v) is 8.58. The van der Waals surface area contributed by atoms with Gasteiger partial charge in [-0.25, -0.2) is 0 Å². The molecule has 0 amide bonds. The van der Waals surface area contributed by atoms with Crippen molar-refractivity contribution in [2.45, 2.75) is 225 Å². The van der Waals surface area contributed by atoms with Crippen LogP contribution in [0.4, 0.5) is 0 Å². The normalized spacial score (nSPS) is 12.0. The molecule has 0 aliphatic heterocycles. The highest BCUT2D eigenvalue weighted by Crippen LogP contribution is 2.19. The third-order valence-electron chi connectivity index (χ3n) is 8.58. The molecule has 0 aromatic carbocycles. The van der Waals surface area contributed by atoms with Crippen LogP contribution in [0.1, 0.15) is 219 Å². The Labute approximate surface area is 256 Å². The minimum Gasteiger partial charge on any atom is -0.481 e. The van der Waals surface area contributed by atoms with Gasteiger partial charge in [0.15, 0.2) is 0 Å². The van der Waals surface area contributed by atoms with Gasteiger partial charge >= 0.3 is 11.9 Å². The summed E-state index contributed by atoms with van der Waals surface area (Å²) < 4.78 is 6.00. The quantitative estimate of drug-likeness (QED) is 0.0607. The van der Waals surface area contributed by atoms with Crippen LogP contribution in [0, 0.1) is 0 Å².